The molecule has 6 N–H and O–H groups in total. The van der Waals surface area contributed by atoms with Gasteiger partial charge in [0.1, 0.15) is 12.7 Å². The van der Waals surface area contributed by atoms with E-state index in [1.54, 1.807) is 0 Å². The van der Waals surface area contributed by atoms with Gasteiger partial charge >= 0.3 is 24.0 Å². The lowest BCUT2D eigenvalue weighted by Gasteiger charge is -2.23. The average Bonchev–Trinajstić information content (AvgIpc) is 2.56. The minimum atomic E-state index is -0.815. The number of nitrogens with two attached hydrogens (primary N) is 2. The SMILES string of the molecule is CC(=O)OCC(Cc1c(I)c(I)c(NC(N)=O)c(I)c1NC(N)=O)OC(C)=O. The molecule has 0 fully saturated rings. The van der Waals surface area contributed by atoms with E-state index in [1.165, 1.54) is 13.8 Å². The van der Waals surface area contributed by atoms with Gasteiger partial charge in [0.2, 0.25) is 0 Å². The zero-order valence-electron chi connectivity index (χ0n) is 14.7. The minimum Gasteiger partial charge on any atom is -0.462 e. The van der Waals surface area contributed by atoms with E-state index in [0.717, 1.165) is 0 Å². The van der Waals surface area contributed by atoms with Gasteiger partial charge in [-0.15, -0.1) is 0 Å². The number of hydrogen-bond acceptors (Lipinski definition) is 6. The Morgan fingerprint density at radius 2 is 1.43 bits per heavy atom. The molecule has 1 aromatic carbocycles. The van der Waals surface area contributed by atoms with E-state index in [9.17, 15) is 19.2 Å². The van der Waals surface area contributed by atoms with E-state index in [-0.39, 0.29) is 13.0 Å². The van der Waals surface area contributed by atoms with Gasteiger partial charge in [0.15, 0.2) is 0 Å². The van der Waals surface area contributed by atoms with E-state index in [4.69, 9.17) is 20.9 Å². The third-order valence-electron chi connectivity index (χ3n) is 3.15. The lowest BCUT2D eigenvalue weighted by Crippen LogP contribution is -2.29. The maximum atomic E-state index is 11.5. The third kappa shape index (κ3) is 7.37. The second-order valence-corrected chi connectivity index (χ2v) is 8.62. The van der Waals surface area contributed by atoms with Crippen molar-refractivity contribution >= 4 is 103 Å². The van der Waals surface area contributed by atoms with Gasteiger partial charge in [-0.2, -0.15) is 0 Å². The number of hydrogen-bond donors (Lipinski definition) is 4. The Bertz CT molecular complexity index is 818. The van der Waals surface area contributed by atoms with Crippen LogP contribution in [0.3, 0.4) is 0 Å². The second kappa shape index (κ2) is 11.2. The molecule has 0 bridgehead atoms. The summed E-state index contributed by atoms with van der Waals surface area (Å²) in [6, 6.07) is -1.58. The number of carbonyl (C=O) groups excluding carboxylic acids is 4. The average molecular weight is 730 g/mol. The molecule has 0 aliphatic carbocycles. The summed E-state index contributed by atoms with van der Waals surface area (Å²) in [4.78, 5) is 45.4. The number of urea groups is 2. The summed E-state index contributed by atoms with van der Waals surface area (Å²) in [7, 11) is 0. The molecule has 10 nitrogen and oxygen atoms in total. The summed E-state index contributed by atoms with van der Waals surface area (Å²) in [5.74, 6) is -1.07. The standard InChI is InChI=1S/C15H17I3N4O6/c1-5(23)27-4-7(28-6(2)24)3-8-9(16)10(17)13(22-15(20)26)11(18)12(8)21-14(19)25/h7H,3-4H2,1-2H3,(H3,19,21,25)(H3,20,22,26). The highest BCUT2D eigenvalue weighted by Crippen LogP contribution is 2.39. The summed E-state index contributed by atoms with van der Waals surface area (Å²) in [5.41, 5.74) is 11.9. The van der Waals surface area contributed by atoms with Gasteiger partial charge in [-0.3, -0.25) is 9.59 Å². The van der Waals surface area contributed by atoms with Gasteiger partial charge in [0.05, 0.1) is 18.5 Å². The summed E-state index contributed by atoms with van der Waals surface area (Å²) >= 11 is 5.99. The molecule has 1 rings (SSSR count). The Hall–Kier alpha value is -1.11. The van der Waals surface area contributed by atoms with E-state index in [1.807, 2.05) is 67.8 Å². The Morgan fingerprint density at radius 3 is 1.89 bits per heavy atom. The molecule has 1 aromatic rings. The predicted molar refractivity (Wildman–Crippen MR) is 127 cm³/mol. The van der Waals surface area contributed by atoms with Crippen molar-refractivity contribution in [2.45, 2.75) is 26.4 Å². The smallest absolute Gasteiger partial charge is 0.316 e. The fraction of sp³-hybridized carbons (Fsp3) is 0.333. The first-order valence-corrected chi connectivity index (χ1v) is 10.8. The van der Waals surface area contributed by atoms with Crippen molar-refractivity contribution in [2.75, 3.05) is 17.2 Å². The van der Waals surface area contributed by atoms with E-state index >= 15 is 0 Å². The molecule has 13 heteroatoms. The second-order valence-electron chi connectivity index (χ2n) is 5.39. The van der Waals surface area contributed by atoms with Crippen LogP contribution in [0.2, 0.25) is 0 Å². The van der Waals surface area contributed by atoms with Crippen molar-refractivity contribution in [1.29, 1.82) is 0 Å². The van der Waals surface area contributed by atoms with Crippen LogP contribution in [0.4, 0.5) is 21.0 Å². The lowest BCUT2D eigenvalue weighted by atomic mass is 10.0. The predicted octanol–water partition coefficient (Wildman–Crippen LogP) is 2.52. The topological polar surface area (TPSA) is 163 Å². The summed E-state index contributed by atoms with van der Waals surface area (Å²) in [5, 5.41) is 5.05. The fourth-order valence-electron chi connectivity index (χ4n) is 2.19. The molecule has 0 radical (unpaired) electrons. The zero-order valence-corrected chi connectivity index (χ0v) is 21.2. The molecule has 0 saturated carbocycles. The molecule has 1 atom stereocenters. The van der Waals surface area contributed by atoms with Crippen LogP contribution in [-0.4, -0.2) is 36.7 Å². The number of halogens is 3. The molecule has 28 heavy (non-hydrogen) atoms. The molecule has 4 amide bonds. The molecule has 0 spiro atoms. The largest absolute Gasteiger partial charge is 0.462 e. The van der Waals surface area contributed by atoms with E-state index in [2.05, 4.69) is 10.6 Å². The summed E-state index contributed by atoms with van der Waals surface area (Å²) in [6.07, 6.45) is -0.659. The minimum absolute atomic E-state index is 0.129. The highest BCUT2D eigenvalue weighted by molar-refractivity contribution is 14.1. The third-order valence-corrected chi connectivity index (χ3v) is 7.53. The fourth-order valence-corrected chi connectivity index (χ4v) is 5.06. The lowest BCUT2D eigenvalue weighted by molar-refractivity contribution is -0.156. The quantitative estimate of drug-likeness (QED) is 0.192. The Balaban J connectivity index is 3.47. The first-order valence-electron chi connectivity index (χ1n) is 7.56. The summed E-state index contributed by atoms with van der Waals surface area (Å²) in [6.45, 7) is 2.32. The van der Waals surface area contributed by atoms with Crippen molar-refractivity contribution in [3.05, 3.63) is 16.3 Å². The molecule has 0 aliphatic heterocycles. The highest BCUT2D eigenvalue weighted by Gasteiger charge is 2.26. The van der Waals surface area contributed by atoms with Crippen LogP contribution in [0, 0.1) is 10.7 Å². The van der Waals surface area contributed by atoms with Crippen molar-refractivity contribution in [3.8, 4) is 0 Å². The van der Waals surface area contributed by atoms with Crippen molar-refractivity contribution in [2.24, 2.45) is 11.5 Å². The Labute approximate surface area is 201 Å². The molecule has 0 heterocycles. The van der Waals surface area contributed by atoms with Crippen molar-refractivity contribution < 1.29 is 28.7 Å². The number of benzene rings is 1. The Morgan fingerprint density at radius 1 is 0.893 bits per heavy atom. The van der Waals surface area contributed by atoms with Gasteiger partial charge in [-0.05, 0) is 73.3 Å². The molecule has 0 aliphatic rings. The molecular weight excluding hydrogens is 713 g/mol. The normalized spacial score (nSPS) is 11.3. The van der Waals surface area contributed by atoms with E-state index < -0.39 is 30.1 Å². The molecule has 0 aromatic heterocycles. The number of rotatable bonds is 7. The van der Waals surface area contributed by atoms with Gasteiger partial charge in [0, 0.05) is 23.8 Å². The maximum absolute atomic E-state index is 11.5. The van der Waals surface area contributed by atoms with Crippen molar-refractivity contribution in [1.82, 2.24) is 0 Å². The van der Waals surface area contributed by atoms with Crippen LogP contribution in [0.1, 0.15) is 19.4 Å². The molecule has 154 valence electrons. The van der Waals surface area contributed by atoms with Gasteiger partial charge in [-0.25, -0.2) is 9.59 Å². The molecular formula is C15H17I3N4O6. The number of amides is 4. The van der Waals surface area contributed by atoms with Crippen LogP contribution < -0.4 is 22.1 Å². The zero-order chi connectivity index (χ0) is 21.6. The van der Waals surface area contributed by atoms with E-state index in [0.29, 0.717) is 27.6 Å². The molecule has 0 saturated heterocycles. The first kappa shape index (κ1) is 24.9. The number of nitrogens with one attached hydrogen (secondary N) is 2. The number of ether oxygens (including phenoxy) is 2. The van der Waals surface area contributed by atoms with Crippen molar-refractivity contribution in [3.63, 3.8) is 0 Å². The molecule has 1 unspecified atom stereocenters. The number of primary amides is 2. The van der Waals surface area contributed by atoms with Gasteiger partial charge in [0.25, 0.3) is 0 Å². The maximum Gasteiger partial charge on any atom is 0.316 e. The summed E-state index contributed by atoms with van der Waals surface area (Å²) < 4.78 is 12.0. The number of carbonyl (C=O) groups is 4. The number of anilines is 2. The number of esters is 2. The van der Waals surface area contributed by atoms with Crippen LogP contribution in [-0.2, 0) is 25.5 Å². The first-order chi connectivity index (χ1) is 12.9. The monoisotopic (exact) mass is 730 g/mol. The van der Waals surface area contributed by atoms with Gasteiger partial charge in [-0.1, -0.05) is 0 Å². The van der Waals surface area contributed by atoms with Crippen LogP contribution in [0.5, 0.6) is 0 Å². The van der Waals surface area contributed by atoms with Crippen LogP contribution in [0.25, 0.3) is 0 Å². The van der Waals surface area contributed by atoms with Crippen LogP contribution in [0.15, 0.2) is 0 Å². The Kier molecular flexibility index (Phi) is 9.95. The van der Waals surface area contributed by atoms with Crippen LogP contribution >= 0.6 is 67.8 Å². The highest BCUT2D eigenvalue weighted by atomic mass is 127. The van der Waals surface area contributed by atoms with Gasteiger partial charge < -0.3 is 31.6 Å².